The third-order valence-corrected chi connectivity index (χ3v) is 4.58. The average molecular weight is 373 g/mol. The quantitative estimate of drug-likeness (QED) is 0.893. The predicted octanol–water partition coefficient (Wildman–Crippen LogP) is 2.17. The molecule has 1 aromatic carbocycles. The molecule has 2 aromatic rings. The summed E-state index contributed by atoms with van der Waals surface area (Å²) in [4.78, 5) is 29.8. The van der Waals surface area contributed by atoms with Gasteiger partial charge in [-0.05, 0) is 32.9 Å². The van der Waals surface area contributed by atoms with Crippen molar-refractivity contribution < 1.29 is 19.4 Å². The summed E-state index contributed by atoms with van der Waals surface area (Å²) in [5, 5.41) is 9.89. The summed E-state index contributed by atoms with van der Waals surface area (Å²) in [5.74, 6) is -0.180. The Labute approximate surface area is 159 Å². The van der Waals surface area contributed by atoms with Crippen LogP contribution in [0.25, 0.3) is 10.9 Å². The van der Waals surface area contributed by atoms with Gasteiger partial charge in [-0.3, -0.25) is 9.69 Å². The Morgan fingerprint density at radius 2 is 1.78 bits per heavy atom. The molecule has 0 unspecified atom stereocenters. The second kappa shape index (κ2) is 7.70. The average Bonchev–Trinajstić information content (AvgIpc) is 3.00. The van der Waals surface area contributed by atoms with Gasteiger partial charge in [0.15, 0.2) is 0 Å². The topological polar surface area (TPSA) is 75.0 Å². The molecule has 0 radical (unpaired) electrons. The molecule has 7 heteroatoms. The summed E-state index contributed by atoms with van der Waals surface area (Å²) >= 11 is 0. The van der Waals surface area contributed by atoms with Gasteiger partial charge in [-0.25, -0.2) is 9.36 Å². The van der Waals surface area contributed by atoms with E-state index in [2.05, 4.69) is 4.90 Å². The van der Waals surface area contributed by atoms with Crippen molar-refractivity contribution >= 4 is 22.9 Å². The van der Waals surface area contributed by atoms with Crippen molar-refractivity contribution in [3.8, 4) is 0 Å². The number of aliphatic hydroxyl groups excluding tert-OH is 1. The van der Waals surface area contributed by atoms with Crippen LogP contribution >= 0.6 is 0 Å². The number of benzene rings is 1. The summed E-state index contributed by atoms with van der Waals surface area (Å²) < 4.78 is 6.91. The molecule has 3 rings (SSSR count). The molecule has 0 aliphatic carbocycles. The number of carbonyl (C=O) groups is 2. The minimum absolute atomic E-state index is 0.112. The predicted molar refractivity (Wildman–Crippen MR) is 103 cm³/mol. The maximum Gasteiger partial charge on any atom is 0.419 e. The van der Waals surface area contributed by atoms with Crippen LogP contribution in [0.1, 0.15) is 31.3 Å². The lowest BCUT2D eigenvalue weighted by Gasteiger charge is -2.34. The summed E-state index contributed by atoms with van der Waals surface area (Å²) in [6, 6.07) is 9.16. The van der Waals surface area contributed by atoms with Gasteiger partial charge >= 0.3 is 6.09 Å². The number of carbonyl (C=O) groups excluding carboxylic acids is 2. The maximum absolute atomic E-state index is 13.2. The molecule has 0 spiro atoms. The first-order valence-electron chi connectivity index (χ1n) is 9.26. The number of β-amino-alcohol motifs (C(OH)–C–C–N with tert-alkyl or cyclic N) is 1. The van der Waals surface area contributed by atoms with Crippen LogP contribution in [-0.4, -0.2) is 76.4 Å². The third kappa shape index (κ3) is 4.31. The van der Waals surface area contributed by atoms with E-state index in [9.17, 15) is 9.59 Å². The molecule has 1 saturated heterocycles. The first-order chi connectivity index (χ1) is 12.8. The highest BCUT2D eigenvalue weighted by Crippen LogP contribution is 2.23. The molecule has 146 valence electrons. The van der Waals surface area contributed by atoms with Crippen LogP contribution in [0, 0.1) is 0 Å². The Bertz CT molecular complexity index is 829. The second-order valence-electron chi connectivity index (χ2n) is 7.76. The van der Waals surface area contributed by atoms with Gasteiger partial charge < -0.3 is 14.7 Å². The number of aromatic nitrogens is 1. The van der Waals surface area contributed by atoms with Crippen molar-refractivity contribution in [2.45, 2.75) is 26.4 Å². The molecular weight excluding hydrogens is 346 g/mol. The number of piperazine rings is 1. The molecule has 0 saturated carbocycles. The summed E-state index contributed by atoms with van der Waals surface area (Å²) in [5.41, 5.74) is 0.327. The van der Waals surface area contributed by atoms with Crippen molar-refractivity contribution in [1.29, 1.82) is 0 Å². The number of nitrogens with zero attached hydrogens (tertiary/aromatic N) is 3. The van der Waals surface area contributed by atoms with E-state index in [4.69, 9.17) is 9.84 Å². The van der Waals surface area contributed by atoms with Crippen molar-refractivity contribution in [3.63, 3.8) is 0 Å². The third-order valence-electron chi connectivity index (χ3n) is 4.58. The first-order valence-corrected chi connectivity index (χ1v) is 9.26. The lowest BCUT2D eigenvalue weighted by atomic mass is 10.2. The van der Waals surface area contributed by atoms with E-state index < -0.39 is 11.7 Å². The van der Waals surface area contributed by atoms with Crippen LogP contribution in [0.15, 0.2) is 30.3 Å². The molecule has 1 N–H and O–H groups in total. The number of aliphatic hydroxyl groups is 1. The second-order valence-corrected chi connectivity index (χ2v) is 7.76. The Kier molecular flexibility index (Phi) is 5.53. The molecule has 1 amide bonds. The summed E-state index contributed by atoms with van der Waals surface area (Å²) in [6.07, 6.45) is -0.550. The number of para-hydroxylation sites is 1. The molecule has 1 aromatic heterocycles. The maximum atomic E-state index is 13.2. The Hall–Kier alpha value is -2.38. The lowest BCUT2D eigenvalue weighted by molar-refractivity contribution is 0.0501. The van der Waals surface area contributed by atoms with Crippen LogP contribution < -0.4 is 0 Å². The first kappa shape index (κ1) is 19.4. The van der Waals surface area contributed by atoms with Crippen LogP contribution in [0.2, 0.25) is 0 Å². The van der Waals surface area contributed by atoms with Crippen LogP contribution in [0.3, 0.4) is 0 Å². The zero-order valence-corrected chi connectivity index (χ0v) is 16.1. The normalized spacial score (nSPS) is 15.9. The summed E-state index contributed by atoms with van der Waals surface area (Å²) in [6.45, 7) is 8.68. The smallest absolute Gasteiger partial charge is 0.419 e. The van der Waals surface area contributed by atoms with Gasteiger partial charge in [0.2, 0.25) is 0 Å². The highest BCUT2D eigenvalue weighted by atomic mass is 16.6. The van der Waals surface area contributed by atoms with Gasteiger partial charge in [0, 0.05) is 38.1 Å². The van der Waals surface area contributed by atoms with E-state index in [1.54, 1.807) is 31.7 Å². The lowest BCUT2D eigenvalue weighted by Crippen LogP contribution is -2.49. The molecule has 27 heavy (non-hydrogen) atoms. The number of rotatable bonds is 3. The largest absolute Gasteiger partial charge is 0.443 e. The van der Waals surface area contributed by atoms with Gasteiger partial charge in [0.05, 0.1) is 12.1 Å². The Morgan fingerprint density at radius 1 is 1.11 bits per heavy atom. The number of hydrogen-bond acceptors (Lipinski definition) is 5. The Balaban J connectivity index is 1.91. The highest BCUT2D eigenvalue weighted by Gasteiger charge is 2.29. The zero-order valence-electron chi connectivity index (χ0n) is 16.1. The van der Waals surface area contributed by atoms with E-state index in [0.29, 0.717) is 43.9 Å². The van der Waals surface area contributed by atoms with Crippen LogP contribution in [0.5, 0.6) is 0 Å². The fourth-order valence-corrected chi connectivity index (χ4v) is 3.29. The molecule has 7 nitrogen and oxygen atoms in total. The van der Waals surface area contributed by atoms with E-state index in [1.807, 2.05) is 24.3 Å². The zero-order chi connectivity index (χ0) is 19.6. The number of hydrogen-bond donors (Lipinski definition) is 1. The Morgan fingerprint density at radius 3 is 2.41 bits per heavy atom. The van der Waals surface area contributed by atoms with Gasteiger partial charge in [0.1, 0.15) is 11.3 Å². The number of ether oxygens (including phenoxy) is 1. The van der Waals surface area contributed by atoms with Gasteiger partial charge in [-0.2, -0.15) is 0 Å². The number of fused-ring (bicyclic) bond motifs is 1. The van der Waals surface area contributed by atoms with Crippen molar-refractivity contribution in [2.24, 2.45) is 0 Å². The fraction of sp³-hybridized carbons (Fsp3) is 0.500. The van der Waals surface area contributed by atoms with E-state index in [-0.39, 0.29) is 12.5 Å². The van der Waals surface area contributed by atoms with E-state index in [1.165, 1.54) is 4.57 Å². The standard InChI is InChI=1S/C20H27N3O4/c1-20(2,3)27-19(26)23-16-7-5-4-6-15(16)14-17(23)18(25)22-10-8-21(9-11-22)12-13-24/h4-7,14,24H,8-13H2,1-3H3. The van der Waals surface area contributed by atoms with Gasteiger partial charge in [0.25, 0.3) is 5.91 Å². The molecule has 2 heterocycles. The van der Waals surface area contributed by atoms with Crippen molar-refractivity contribution in [3.05, 3.63) is 36.0 Å². The highest BCUT2D eigenvalue weighted by molar-refractivity contribution is 6.03. The molecule has 1 aliphatic rings. The van der Waals surface area contributed by atoms with Gasteiger partial charge in [-0.15, -0.1) is 0 Å². The van der Waals surface area contributed by atoms with Crippen LogP contribution in [0.4, 0.5) is 4.79 Å². The molecule has 1 aliphatic heterocycles. The minimum atomic E-state index is -0.654. The van der Waals surface area contributed by atoms with E-state index in [0.717, 1.165) is 5.39 Å². The molecule has 0 atom stereocenters. The monoisotopic (exact) mass is 373 g/mol. The van der Waals surface area contributed by atoms with Crippen LogP contribution in [-0.2, 0) is 4.74 Å². The van der Waals surface area contributed by atoms with Crippen molar-refractivity contribution in [1.82, 2.24) is 14.4 Å². The van der Waals surface area contributed by atoms with Gasteiger partial charge in [-0.1, -0.05) is 18.2 Å². The fourth-order valence-electron chi connectivity index (χ4n) is 3.29. The van der Waals surface area contributed by atoms with E-state index >= 15 is 0 Å². The molecule has 1 fully saturated rings. The SMILES string of the molecule is CC(C)(C)OC(=O)n1c(C(=O)N2CCN(CCO)CC2)cc2ccccc21. The molecular formula is C20H27N3O4. The van der Waals surface area contributed by atoms with Crippen molar-refractivity contribution in [2.75, 3.05) is 39.3 Å². The summed E-state index contributed by atoms with van der Waals surface area (Å²) in [7, 11) is 0. The minimum Gasteiger partial charge on any atom is -0.443 e. The number of amides is 1. The molecule has 0 bridgehead atoms.